The van der Waals surface area contributed by atoms with Crippen molar-refractivity contribution in [1.82, 2.24) is 5.32 Å². The maximum absolute atomic E-state index is 12.2. The Morgan fingerprint density at radius 2 is 0.961 bits per heavy atom. The highest BCUT2D eigenvalue weighted by molar-refractivity contribution is 6.84. The third kappa shape index (κ3) is 34.6. The first-order chi connectivity index (χ1) is 23.5. The maximum Gasteiger partial charge on any atom is 0.308 e. The van der Waals surface area contributed by atoms with Crippen molar-refractivity contribution in [1.29, 1.82) is 0 Å². The van der Waals surface area contributed by atoms with Gasteiger partial charge in [0.25, 0.3) is 0 Å². The Morgan fingerprint density at radius 1 is 0.608 bits per heavy atom. The molecule has 1 rings (SSSR count). The lowest BCUT2D eigenvalue weighted by molar-refractivity contribution is -0.144. The Balaban J connectivity index is 0. The van der Waals surface area contributed by atoms with Crippen LogP contribution >= 0.6 is 0 Å². The minimum absolute atomic E-state index is 0.0752. The fourth-order valence-corrected chi connectivity index (χ4v) is 5.22. The number of rotatable bonds is 12. The lowest BCUT2D eigenvalue weighted by Crippen LogP contribution is -2.37. The average Bonchev–Trinajstić information content (AvgIpc) is 2.98. The van der Waals surface area contributed by atoms with Crippen LogP contribution < -0.4 is 16.8 Å². The first-order valence-corrected chi connectivity index (χ1v) is 27.9. The minimum Gasteiger partial charge on any atom is -0.466 e. The molecule has 0 heterocycles. The monoisotopic (exact) mass is 757 g/mol. The van der Waals surface area contributed by atoms with Crippen LogP contribution in [0, 0.1) is 34.4 Å². The summed E-state index contributed by atoms with van der Waals surface area (Å²) in [5.41, 5.74) is 21.7. The van der Waals surface area contributed by atoms with Crippen LogP contribution in [0.1, 0.15) is 45.6 Å². The van der Waals surface area contributed by atoms with Crippen molar-refractivity contribution < 1.29 is 33.4 Å². The Hall–Kier alpha value is -3.65. The number of carbonyl (C=O) groups excluding carboxylic acids is 4. The lowest BCUT2D eigenvalue weighted by Gasteiger charge is -2.14. The van der Waals surface area contributed by atoms with Crippen molar-refractivity contribution >= 4 is 48.0 Å². The molecule has 1 aromatic carbocycles. The molecule has 1 unspecified atom stereocenters. The summed E-state index contributed by atoms with van der Waals surface area (Å²) in [7, 11) is -4.34. The van der Waals surface area contributed by atoms with Gasteiger partial charge in [-0.3, -0.25) is 19.2 Å². The first-order valence-electron chi connectivity index (χ1n) is 17.4. The lowest BCUT2D eigenvalue weighted by atomic mass is 10.1. The van der Waals surface area contributed by atoms with Crippen molar-refractivity contribution in [3.05, 3.63) is 35.9 Å². The number of carbonyl (C=O) groups is 4. The van der Waals surface area contributed by atoms with Gasteiger partial charge in [0.1, 0.15) is 30.3 Å². The summed E-state index contributed by atoms with van der Waals surface area (Å²) in [4.78, 5) is 45.9. The van der Waals surface area contributed by atoms with Gasteiger partial charge >= 0.3 is 17.9 Å². The topological polar surface area (TPSA) is 160 Å². The van der Waals surface area contributed by atoms with E-state index in [1.165, 1.54) is 0 Å². The van der Waals surface area contributed by atoms with Crippen molar-refractivity contribution in [3.8, 4) is 34.4 Å². The van der Waals surface area contributed by atoms with E-state index in [1.54, 1.807) is 20.8 Å². The number of amides is 1. The zero-order valence-electron chi connectivity index (χ0n) is 33.1. The number of hydrogen-bond donors (Lipinski definition) is 3. The number of benzene rings is 1. The van der Waals surface area contributed by atoms with Crippen LogP contribution in [0.5, 0.6) is 0 Å². The Morgan fingerprint density at radius 3 is 1.31 bits per heavy atom. The van der Waals surface area contributed by atoms with Gasteiger partial charge in [-0.15, -0.1) is 16.6 Å². The van der Waals surface area contributed by atoms with Gasteiger partial charge in [-0.1, -0.05) is 107 Å². The van der Waals surface area contributed by atoms with Gasteiger partial charge in [-0.25, -0.2) is 0 Å². The number of nitrogens with two attached hydrogens (primary N) is 2. The zero-order chi connectivity index (χ0) is 39.7. The van der Waals surface area contributed by atoms with E-state index in [4.69, 9.17) is 25.7 Å². The van der Waals surface area contributed by atoms with E-state index in [0.717, 1.165) is 5.56 Å². The summed E-state index contributed by atoms with van der Waals surface area (Å²) in [6.07, 6.45) is 0.720. The van der Waals surface area contributed by atoms with Gasteiger partial charge in [0, 0.05) is 0 Å². The molecule has 0 radical (unpaired) electrons. The van der Waals surface area contributed by atoms with E-state index in [-0.39, 0.29) is 61.6 Å². The molecule has 10 nitrogen and oxygen atoms in total. The summed E-state index contributed by atoms with van der Waals surface area (Å²) in [5, 5.41) is 2.84. The van der Waals surface area contributed by atoms with Crippen LogP contribution in [0.2, 0.25) is 58.9 Å². The molecular formula is C38H63N3O7Si3. The fraction of sp³-hybridized carbons (Fsp3) is 0.579. The second kappa shape index (κ2) is 26.2. The molecule has 0 saturated carbocycles. The highest BCUT2D eigenvalue weighted by Gasteiger charge is 2.17. The molecule has 1 aromatic rings. The summed E-state index contributed by atoms with van der Waals surface area (Å²) in [5.74, 6) is 7.81. The quantitative estimate of drug-likeness (QED) is 0.117. The van der Waals surface area contributed by atoms with E-state index >= 15 is 0 Å². The molecule has 0 spiro atoms. The summed E-state index contributed by atoms with van der Waals surface area (Å²) < 4.78 is 14.5. The molecule has 0 bridgehead atoms. The van der Waals surface area contributed by atoms with E-state index < -0.39 is 30.3 Å². The summed E-state index contributed by atoms with van der Waals surface area (Å²) in [6, 6.07) is 8.21. The first kappa shape index (κ1) is 49.5. The number of esters is 3. The van der Waals surface area contributed by atoms with Crippen LogP contribution in [-0.2, 0) is 39.8 Å². The normalized spacial score (nSPS) is 12.3. The Labute approximate surface area is 310 Å². The van der Waals surface area contributed by atoms with Gasteiger partial charge in [0.05, 0.1) is 57.6 Å². The predicted octanol–water partition coefficient (Wildman–Crippen LogP) is 4.84. The van der Waals surface area contributed by atoms with Crippen molar-refractivity contribution in [3.63, 3.8) is 0 Å². The molecular weight excluding hydrogens is 695 g/mol. The maximum atomic E-state index is 12.2. The van der Waals surface area contributed by atoms with E-state index in [0.29, 0.717) is 19.8 Å². The number of nitrogens with one attached hydrogen (secondary N) is 1. The number of ether oxygens (including phenoxy) is 3. The molecule has 0 aromatic heterocycles. The molecule has 0 aliphatic carbocycles. The van der Waals surface area contributed by atoms with Crippen molar-refractivity contribution in [2.75, 3.05) is 19.8 Å². The molecule has 0 saturated heterocycles. The molecule has 3 atom stereocenters. The molecule has 1 amide bonds. The zero-order valence-corrected chi connectivity index (χ0v) is 36.1. The molecule has 5 N–H and O–H groups in total. The fourth-order valence-electron chi connectivity index (χ4n) is 3.37. The second-order valence-corrected chi connectivity index (χ2v) is 28.8. The van der Waals surface area contributed by atoms with E-state index in [9.17, 15) is 19.2 Å². The standard InChI is InChI=1S/C18H25NO3Si.2C10H19NO2Si/c1-5-22-18(21)14-16(11-12-23(2,3)4)19-17(20)13-15-9-7-6-8-10-15;2*1-5-13-10(12)8-9(11)6-7-14(2,3)4/h6-10,16H,5,13-14H2,1-4H3,(H,19,20);2*9H,5,8,11H2,1-4H3/t16-;9-;/m01./s1. The largest absolute Gasteiger partial charge is 0.466 e. The second-order valence-electron chi connectivity index (χ2n) is 14.6. The van der Waals surface area contributed by atoms with Gasteiger partial charge in [0.15, 0.2) is 0 Å². The smallest absolute Gasteiger partial charge is 0.308 e. The molecule has 0 fully saturated rings. The van der Waals surface area contributed by atoms with Crippen LogP contribution in [0.4, 0.5) is 0 Å². The van der Waals surface area contributed by atoms with Crippen LogP contribution in [0.15, 0.2) is 30.3 Å². The molecule has 51 heavy (non-hydrogen) atoms. The van der Waals surface area contributed by atoms with Gasteiger partial charge in [-0.05, 0) is 26.3 Å². The van der Waals surface area contributed by atoms with Crippen LogP contribution in [0.3, 0.4) is 0 Å². The van der Waals surface area contributed by atoms with Crippen molar-refractivity contribution in [2.45, 2.75) is 124 Å². The van der Waals surface area contributed by atoms with Gasteiger partial charge in [0.2, 0.25) is 5.91 Å². The van der Waals surface area contributed by atoms with E-state index in [2.05, 4.69) is 98.6 Å². The van der Waals surface area contributed by atoms with Gasteiger partial charge < -0.3 is 31.0 Å². The predicted molar refractivity (Wildman–Crippen MR) is 215 cm³/mol. The molecule has 13 heteroatoms. The van der Waals surface area contributed by atoms with Crippen molar-refractivity contribution in [2.24, 2.45) is 11.5 Å². The highest BCUT2D eigenvalue weighted by atomic mass is 28.3. The molecule has 284 valence electrons. The average molecular weight is 758 g/mol. The van der Waals surface area contributed by atoms with E-state index in [1.807, 2.05) is 30.3 Å². The minimum atomic E-state index is -1.58. The SMILES string of the molecule is CCOC(=O)CC(N)C#C[Si](C)(C)C.CCOC(=O)C[C@H](C#C[Si](C)(C)C)NC(=O)Cc1ccccc1.CCOC(=O)C[C@H](N)C#C[Si](C)(C)C. The molecule has 0 aliphatic rings. The summed E-state index contributed by atoms with van der Waals surface area (Å²) in [6.45, 7) is 25.6. The third-order valence-corrected chi connectivity index (χ3v) is 8.17. The summed E-state index contributed by atoms with van der Waals surface area (Å²) >= 11 is 0. The van der Waals surface area contributed by atoms with Gasteiger partial charge in [-0.2, -0.15) is 0 Å². The highest BCUT2D eigenvalue weighted by Crippen LogP contribution is 2.03. The number of hydrogen-bond acceptors (Lipinski definition) is 9. The molecule has 0 aliphatic heterocycles. The van der Waals surface area contributed by atoms with Crippen LogP contribution in [-0.4, -0.2) is 86.0 Å². The Bertz CT molecular complexity index is 1350. The Kier molecular flexibility index (Phi) is 25.4. The van der Waals surface area contributed by atoms with Crippen LogP contribution in [0.25, 0.3) is 0 Å². The third-order valence-electron chi connectivity index (χ3n) is 5.49.